The number of hydrogen-bond acceptors (Lipinski definition) is 3. The number of nitrogens with zero attached hydrogens (tertiary/aromatic N) is 1. The molecule has 0 aromatic rings. The molecular formula is C14H28N2O. The molecule has 100 valence electrons. The fraction of sp³-hybridized carbons (Fsp3) is 1.00. The van der Waals surface area contributed by atoms with Gasteiger partial charge < -0.3 is 15.0 Å². The lowest BCUT2D eigenvalue weighted by molar-refractivity contribution is 0.132. The Bertz CT molecular complexity index is 206. The predicted molar refractivity (Wildman–Crippen MR) is 71.3 cm³/mol. The minimum atomic E-state index is 0.874. The van der Waals surface area contributed by atoms with Crippen molar-refractivity contribution in [1.29, 1.82) is 0 Å². The van der Waals surface area contributed by atoms with Crippen LogP contribution in [-0.4, -0.2) is 50.3 Å². The Hall–Kier alpha value is -0.120. The molecule has 1 aliphatic heterocycles. The van der Waals surface area contributed by atoms with Gasteiger partial charge in [0.25, 0.3) is 0 Å². The molecule has 2 rings (SSSR count). The third kappa shape index (κ3) is 4.94. The van der Waals surface area contributed by atoms with Gasteiger partial charge in [-0.1, -0.05) is 13.3 Å². The molecule has 0 bridgehead atoms. The highest BCUT2D eigenvalue weighted by Gasteiger charge is 2.33. The van der Waals surface area contributed by atoms with Gasteiger partial charge in [-0.05, 0) is 44.7 Å². The zero-order valence-electron chi connectivity index (χ0n) is 11.3. The van der Waals surface area contributed by atoms with Gasteiger partial charge in [0.05, 0.1) is 6.61 Å². The van der Waals surface area contributed by atoms with Crippen molar-refractivity contribution in [2.75, 3.05) is 39.4 Å². The standard InChI is InChI=1S/C14H28N2O/c1-2-3-9-17-10-7-15-11-13-6-8-16(12-13)14-4-5-14/h13-15H,2-12H2,1H3. The summed E-state index contributed by atoms with van der Waals surface area (Å²) in [5.74, 6) is 0.881. The Balaban J connectivity index is 1.40. The van der Waals surface area contributed by atoms with E-state index in [-0.39, 0.29) is 0 Å². The van der Waals surface area contributed by atoms with Gasteiger partial charge in [0.1, 0.15) is 0 Å². The Labute approximate surface area is 106 Å². The van der Waals surface area contributed by atoms with Crippen LogP contribution in [0.25, 0.3) is 0 Å². The molecule has 1 saturated heterocycles. The van der Waals surface area contributed by atoms with Gasteiger partial charge >= 0.3 is 0 Å². The number of hydrogen-bond donors (Lipinski definition) is 1. The highest BCUT2D eigenvalue weighted by molar-refractivity contribution is 4.89. The summed E-state index contributed by atoms with van der Waals surface area (Å²) in [4.78, 5) is 2.68. The van der Waals surface area contributed by atoms with E-state index < -0.39 is 0 Å². The molecule has 0 aromatic carbocycles. The number of ether oxygens (including phenoxy) is 1. The molecule has 17 heavy (non-hydrogen) atoms. The van der Waals surface area contributed by atoms with Crippen LogP contribution in [0, 0.1) is 5.92 Å². The van der Waals surface area contributed by atoms with Gasteiger partial charge in [0.15, 0.2) is 0 Å². The first-order valence-corrected chi connectivity index (χ1v) is 7.42. The predicted octanol–water partition coefficient (Wildman–Crippen LogP) is 1.88. The van der Waals surface area contributed by atoms with Crippen LogP contribution >= 0.6 is 0 Å². The van der Waals surface area contributed by atoms with Crippen LogP contribution in [0.4, 0.5) is 0 Å². The average Bonchev–Trinajstić information content (AvgIpc) is 3.09. The highest BCUT2D eigenvalue weighted by atomic mass is 16.5. The molecule has 0 spiro atoms. The molecule has 1 aliphatic carbocycles. The van der Waals surface area contributed by atoms with Crippen molar-refractivity contribution < 1.29 is 4.74 Å². The Morgan fingerprint density at radius 2 is 2.12 bits per heavy atom. The monoisotopic (exact) mass is 240 g/mol. The fourth-order valence-electron chi connectivity index (χ4n) is 2.60. The van der Waals surface area contributed by atoms with Crippen molar-refractivity contribution in [3.8, 4) is 0 Å². The van der Waals surface area contributed by atoms with Gasteiger partial charge in [0, 0.05) is 25.7 Å². The topological polar surface area (TPSA) is 24.5 Å². The molecule has 1 heterocycles. The normalized spacial score (nSPS) is 25.6. The summed E-state index contributed by atoms with van der Waals surface area (Å²) in [5, 5.41) is 3.53. The van der Waals surface area contributed by atoms with Gasteiger partial charge in [-0.25, -0.2) is 0 Å². The van der Waals surface area contributed by atoms with Crippen LogP contribution in [0.2, 0.25) is 0 Å². The summed E-state index contributed by atoms with van der Waals surface area (Å²) in [6, 6.07) is 0.956. The van der Waals surface area contributed by atoms with E-state index in [1.807, 2.05) is 0 Å². The van der Waals surface area contributed by atoms with Crippen molar-refractivity contribution in [3.63, 3.8) is 0 Å². The Morgan fingerprint density at radius 3 is 2.88 bits per heavy atom. The minimum absolute atomic E-state index is 0.874. The zero-order valence-corrected chi connectivity index (χ0v) is 11.3. The molecule has 3 heteroatoms. The second-order valence-corrected chi connectivity index (χ2v) is 5.55. The lowest BCUT2D eigenvalue weighted by atomic mass is 10.1. The van der Waals surface area contributed by atoms with Crippen LogP contribution in [-0.2, 0) is 4.74 Å². The first-order chi connectivity index (χ1) is 8.40. The Kier molecular flexibility index (Phi) is 5.75. The van der Waals surface area contributed by atoms with Crippen LogP contribution in [0.15, 0.2) is 0 Å². The van der Waals surface area contributed by atoms with E-state index >= 15 is 0 Å². The summed E-state index contributed by atoms with van der Waals surface area (Å²) >= 11 is 0. The van der Waals surface area contributed by atoms with E-state index in [1.54, 1.807) is 0 Å². The molecule has 2 fully saturated rings. The zero-order chi connectivity index (χ0) is 11.9. The minimum Gasteiger partial charge on any atom is -0.380 e. The maximum atomic E-state index is 5.54. The first-order valence-electron chi connectivity index (χ1n) is 7.42. The molecule has 2 aliphatic rings. The molecule has 1 saturated carbocycles. The van der Waals surface area contributed by atoms with Crippen LogP contribution in [0.5, 0.6) is 0 Å². The third-order valence-electron chi connectivity index (χ3n) is 3.88. The number of unbranched alkanes of at least 4 members (excludes halogenated alkanes) is 1. The third-order valence-corrected chi connectivity index (χ3v) is 3.88. The van der Waals surface area contributed by atoms with Crippen molar-refractivity contribution in [2.24, 2.45) is 5.92 Å². The number of rotatable bonds is 9. The Morgan fingerprint density at radius 1 is 1.24 bits per heavy atom. The molecule has 1 unspecified atom stereocenters. The average molecular weight is 240 g/mol. The van der Waals surface area contributed by atoms with E-state index in [0.717, 1.165) is 31.7 Å². The van der Waals surface area contributed by atoms with E-state index in [0.29, 0.717) is 0 Å². The maximum Gasteiger partial charge on any atom is 0.0590 e. The lowest BCUT2D eigenvalue weighted by Crippen LogP contribution is -2.29. The van der Waals surface area contributed by atoms with Crippen molar-refractivity contribution >= 4 is 0 Å². The SMILES string of the molecule is CCCCOCCNCC1CCN(C2CC2)C1. The van der Waals surface area contributed by atoms with Gasteiger partial charge in [-0.15, -0.1) is 0 Å². The van der Waals surface area contributed by atoms with Gasteiger partial charge in [-0.3, -0.25) is 0 Å². The molecule has 0 amide bonds. The van der Waals surface area contributed by atoms with Crippen LogP contribution in [0.3, 0.4) is 0 Å². The van der Waals surface area contributed by atoms with Gasteiger partial charge in [-0.2, -0.15) is 0 Å². The lowest BCUT2D eigenvalue weighted by Gasteiger charge is -2.15. The summed E-state index contributed by atoms with van der Waals surface area (Å²) in [7, 11) is 0. The van der Waals surface area contributed by atoms with E-state index in [9.17, 15) is 0 Å². The maximum absolute atomic E-state index is 5.54. The van der Waals surface area contributed by atoms with Crippen LogP contribution in [0.1, 0.15) is 39.0 Å². The van der Waals surface area contributed by atoms with E-state index in [2.05, 4.69) is 17.1 Å². The summed E-state index contributed by atoms with van der Waals surface area (Å²) in [5.41, 5.74) is 0. The molecule has 0 aromatic heterocycles. The van der Waals surface area contributed by atoms with Gasteiger partial charge in [0.2, 0.25) is 0 Å². The molecule has 1 atom stereocenters. The second-order valence-electron chi connectivity index (χ2n) is 5.55. The summed E-state index contributed by atoms with van der Waals surface area (Å²) in [6.45, 7) is 8.87. The smallest absolute Gasteiger partial charge is 0.0590 e. The number of nitrogens with one attached hydrogen (secondary N) is 1. The second kappa shape index (κ2) is 7.34. The van der Waals surface area contributed by atoms with Crippen molar-refractivity contribution in [3.05, 3.63) is 0 Å². The summed E-state index contributed by atoms with van der Waals surface area (Å²) < 4.78 is 5.54. The highest BCUT2D eigenvalue weighted by Crippen LogP contribution is 2.31. The molecule has 0 radical (unpaired) electrons. The largest absolute Gasteiger partial charge is 0.380 e. The van der Waals surface area contributed by atoms with Crippen LogP contribution < -0.4 is 5.32 Å². The quantitative estimate of drug-likeness (QED) is 0.623. The van der Waals surface area contributed by atoms with Crippen molar-refractivity contribution in [1.82, 2.24) is 10.2 Å². The fourth-order valence-corrected chi connectivity index (χ4v) is 2.60. The van der Waals surface area contributed by atoms with E-state index in [4.69, 9.17) is 4.74 Å². The molecular weight excluding hydrogens is 212 g/mol. The summed E-state index contributed by atoms with van der Waals surface area (Å²) in [6.07, 6.45) is 6.71. The first kappa shape index (κ1) is 13.3. The van der Waals surface area contributed by atoms with Crippen molar-refractivity contribution in [2.45, 2.75) is 45.1 Å². The van der Waals surface area contributed by atoms with E-state index in [1.165, 1.54) is 51.7 Å². The number of likely N-dealkylation sites (tertiary alicyclic amines) is 1. The molecule has 3 nitrogen and oxygen atoms in total. The molecule has 1 N–H and O–H groups in total.